The molecule has 7 aromatic rings. The smallest absolute Gasteiger partial charge is 0.296 e. The number of phenols is 2. The zero-order valence-corrected chi connectivity index (χ0v) is 33.4. The van der Waals surface area contributed by atoms with E-state index in [-0.39, 0.29) is 44.7 Å². The number of nitrogens with zero attached hydrogens (tertiary/aromatic N) is 7. The van der Waals surface area contributed by atoms with Crippen LogP contribution in [0.5, 0.6) is 11.5 Å². The minimum Gasteiger partial charge on any atom is -0.507 e. The summed E-state index contributed by atoms with van der Waals surface area (Å²) in [4.78, 5) is 7.92. The van der Waals surface area contributed by atoms with Crippen LogP contribution < -0.4 is 5.73 Å². The molecule has 0 radical (unpaired) electrons. The number of rotatable bonds is 11. The van der Waals surface area contributed by atoms with Crippen molar-refractivity contribution in [3.05, 3.63) is 125 Å². The number of phenolic OH excluding ortho intramolecular Hbond substituents is 2. The molecule has 314 valence electrons. The number of hydrogen-bond donors (Lipinski definition) is 6. The number of hydrogen-bond acceptors (Lipinski definition) is 17. The zero-order valence-electron chi connectivity index (χ0n) is 30.9. The van der Waals surface area contributed by atoms with E-state index in [1.807, 2.05) is 0 Å². The SMILES string of the molecule is Nc1c(N=Nc2ccc([N+](=O)[O-])cc2)c(S(=O)(=O)O)cc2cc(S(=O)(=O)O)c(N=Nc3ccc(-c4ccc(N=Nc5ccc(O)c6cccc(S(=O)(=O)O)c56)cc4)cc3)c(O)c12. The van der Waals surface area contributed by atoms with Crippen LogP contribution in [0.1, 0.15) is 0 Å². The summed E-state index contributed by atoms with van der Waals surface area (Å²) in [5.74, 6) is -1.20. The molecule has 7 aromatic carbocycles. The Labute approximate surface area is 349 Å². The van der Waals surface area contributed by atoms with Gasteiger partial charge in [0.15, 0.2) is 5.75 Å². The molecule has 24 heteroatoms. The van der Waals surface area contributed by atoms with Crippen LogP contribution in [-0.2, 0) is 30.4 Å². The Balaban J connectivity index is 1.19. The molecule has 62 heavy (non-hydrogen) atoms. The number of nitro groups is 1. The molecule has 7 N–H and O–H groups in total. The molecule has 0 heterocycles. The zero-order chi connectivity index (χ0) is 44.7. The summed E-state index contributed by atoms with van der Waals surface area (Å²) in [7, 11) is -15.0. The molecule has 0 aromatic heterocycles. The fourth-order valence-corrected chi connectivity index (χ4v) is 8.20. The van der Waals surface area contributed by atoms with Crippen LogP contribution in [0, 0.1) is 10.1 Å². The van der Waals surface area contributed by atoms with E-state index < -0.39 is 78.2 Å². The highest BCUT2D eigenvalue weighted by atomic mass is 32.2. The summed E-state index contributed by atoms with van der Waals surface area (Å²) in [6, 6.07) is 25.6. The van der Waals surface area contributed by atoms with Gasteiger partial charge in [0.1, 0.15) is 31.8 Å². The Kier molecular flexibility index (Phi) is 11.0. The molecule has 0 aliphatic heterocycles. The summed E-state index contributed by atoms with van der Waals surface area (Å²) < 4.78 is 104. The number of benzene rings is 7. The molecule has 0 saturated carbocycles. The van der Waals surface area contributed by atoms with Gasteiger partial charge in [-0.05, 0) is 83.2 Å². The van der Waals surface area contributed by atoms with E-state index in [9.17, 15) is 59.2 Å². The first-order valence-corrected chi connectivity index (χ1v) is 21.5. The number of fused-ring (bicyclic) bond motifs is 2. The maximum atomic E-state index is 12.5. The number of aromatic hydroxyl groups is 2. The Hall–Kier alpha value is -7.61. The first-order chi connectivity index (χ1) is 29.2. The van der Waals surface area contributed by atoms with E-state index in [2.05, 4.69) is 30.7 Å². The van der Waals surface area contributed by atoms with Gasteiger partial charge >= 0.3 is 0 Å². The standard InChI is InChI=1S/C38H26N8O13S3/c39-35-33-22(18-31(61(54,55)56)36(35)44-41-25-12-14-26(15-13-25)46(49)50)19-32(62(57,58)59)37(38(33)48)45-42-24-10-6-21(7-11-24)20-4-8-23(9-5-20)40-43-28-16-17-29(47)27-2-1-3-30(34(27)28)60(51,52)53/h1-19,47-48H,39H2,(H,51,52,53)(H,54,55,56)(H,57,58,59). The van der Waals surface area contributed by atoms with E-state index in [0.29, 0.717) is 16.8 Å². The average molecular weight is 899 g/mol. The Morgan fingerprint density at radius 1 is 0.532 bits per heavy atom. The van der Waals surface area contributed by atoms with Crippen molar-refractivity contribution in [1.29, 1.82) is 0 Å². The molecular formula is C38H26N8O13S3. The lowest BCUT2D eigenvalue weighted by atomic mass is 10.0. The first kappa shape index (κ1) is 42.5. The van der Waals surface area contributed by atoms with Gasteiger partial charge in [-0.3, -0.25) is 23.8 Å². The monoisotopic (exact) mass is 898 g/mol. The molecule has 0 bridgehead atoms. The van der Waals surface area contributed by atoms with E-state index >= 15 is 0 Å². The highest BCUT2D eigenvalue weighted by molar-refractivity contribution is 7.86. The maximum Gasteiger partial charge on any atom is 0.296 e. The van der Waals surface area contributed by atoms with Gasteiger partial charge in [-0.1, -0.05) is 36.4 Å². The van der Waals surface area contributed by atoms with E-state index in [1.165, 1.54) is 54.6 Å². The van der Waals surface area contributed by atoms with E-state index in [1.54, 1.807) is 36.4 Å². The van der Waals surface area contributed by atoms with Crippen molar-refractivity contribution < 1.29 is 54.0 Å². The Bertz CT molecular complexity index is 3420. The maximum absolute atomic E-state index is 12.5. The fourth-order valence-electron chi connectivity index (χ4n) is 6.15. The van der Waals surface area contributed by atoms with Crippen LogP contribution in [0.2, 0.25) is 0 Å². The topological polar surface area (TPSA) is 347 Å². The molecule has 0 amide bonds. The predicted molar refractivity (Wildman–Crippen MR) is 223 cm³/mol. The largest absolute Gasteiger partial charge is 0.507 e. The average Bonchev–Trinajstić information content (AvgIpc) is 3.22. The number of azo groups is 3. The van der Waals surface area contributed by atoms with E-state index in [4.69, 9.17) is 5.73 Å². The van der Waals surface area contributed by atoms with Gasteiger partial charge in [0.05, 0.1) is 38.7 Å². The molecule has 0 spiro atoms. The van der Waals surface area contributed by atoms with Crippen LogP contribution in [0.15, 0.2) is 161 Å². The molecule has 21 nitrogen and oxygen atoms in total. The molecule has 0 atom stereocenters. The number of nitro benzene ring substituents is 1. The summed E-state index contributed by atoms with van der Waals surface area (Å²) >= 11 is 0. The fraction of sp³-hybridized carbons (Fsp3) is 0. The lowest BCUT2D eigenvalue weighted by Gasteiger charge is -2.14. The van der Waals surface area contributed by atoms with Gasteiger partial charge in [-0.2, -0.15) is 40.6 Å². The molecule has 0 aliphatic carbocycles. The van der Waals surface area contributed by atoms with Crippen LogP contribution in [-0.4, -0.2) is 54.0 Å². The van der Waals surface area contributed by atoms with Crippen LogP contribution in [0.4, 0.5) is 45.5 Å². The van der Waals surface area contributed by atoms with Crippen molar-refractivity contribution in [3.8, 4) is 22.6 Å². The second-order valence-corrected chi connectivity index (χ2v) is 17.2. The molecule has 0 saturated heterocycles. The summed E-state index contributed by atoms with van der Waals surface area (Å²) in [6.45, 7) is 0. The lowest BCUT2D eigenvalue weighted by molar-refractivity contribution is -0.384. The third-order valence-corrected chi connectivity index (χ3v) is 11.7. The number of anilines is 1. The Morgan fingerprint density at radius 2 is 1.00 bits per heavy atom. The van der Waals surface area contributed by atoms with Gasteiger partial charge in [0, 0.05) is 22.9 Å². The van der Waals surface area contributed by atoms with Gasteiger partial charge in [-0.15, -0.1) is 15.3 Å². The number of non-ortho nitro benzene ring substituents is 1. The second kappa shape index (κ2) is 16.1. The minimum atomic E-state index is -5.18. The van der Waals surface area contributed by atoms with Crippen molar-refractivity contribution in [2.45, 2.75) is 14.7 Å². The highest BCUT2D eigenvalue weighted by Gasteiger charge is 2.28. The molecule has 0 aliphatic rings. The normalized spacial score (nSPS) is 12.6. The van der Waals surface area contributed by atoms with Crippen LogP contribution >= 0.6 is 0 Å². The summed E-state index contributed by atoms with van der Waals surface area (Å²) in [5.41, 5.74) is 5.79. The van der Waals surface area contributed by atoms with Crippen LogP contribution in [0.25, 0.3) is 32.7 Å². The van der Waals surface area contributed by atoms with Crippen LogP contribution in [0.3, 0.4) is 0 Å². The van der Waals surface area contributed by atoms with Gasteiger partial charge in [0.2, 0.25) is 0 Å². The van der Waals surface area contributed by atoms with Crippen molar-refractivity contribution in [3.63, 3.8) is 0 Å². The predicted octanol–water partition coefficient (Wildman–Crippen LogP) is 9.55. The van der Waals surface area contributed by atoms with E-state index in [0.717, 1.165) is 24.3 Å². The van der Waals surface area contributed by atoms with Crippen molar-refractivity contribution >= 4 is 97.4 Å². The van der Waals surface area contributed by atoms with Gasteiger partial charge in [0.25, 0.3) is 36.0 Å². The third-order valence-electron chi connectivity index (χ3n) is 9.04. The van der Waals surface area contributed by atoms with Crippen molar-refractivity contribution in [1.82, 2.24) is 0 Å². The van der Waals surface area contributed by atoms with Gasteiger partial charge < -0.3 is 15.9 Å². The first-order valence-electron chi connectivity index (χ1n) is 17.2. The second-order valence-electron chi connectivity index (χ2n) is 13.0. The molecule has 0 unspecified atom stereocenters. The van der Waals surface area contributed by atoms with Gasteiger partial charge in [-0.25, -0.2) is 0 Å². The van der Waals surface area contributed by atoms with Crippen molar-refractivity contribution in [2.24, 2.45) is 30.7 Å². The molecule has 0 fully saturated rings. The molecular weight excluding hydrogens is 873 g/mol. The quantitative estimate of drug-likeness (QED) is 0.0231. The van der Waals surface area contributed by atoms with Crippen molar-refractivity contribution in [2.75, 3.05) is 5.73 Å². The summed E-state index contributed by atoms with van der Waals surface area (Å²) in [5, 5.41) is 55.7. The number of nitrogen functional groups attached to an aromatic ring is 1. The minimum absolute atomic E-state index is 0.00312. The molecule has 7 rings (SSSR count). The third kappa shape index (κ3) is 8.66. The highest BCUT2D eigenvalue weighted by Crippen LogP contribution is 2.48. The number of nitrogens with two attached hydrogens (primary N) is 1. The Morgan fingerprint density at radius 3 is 1.50 bits per heavy atom. The lowest BCUT2D eigenvalue weighted by Crippen LogP contribution is -2.03. The summed E-state index contributed by atoms with van der Waals surface area (Å²) in [6.07, 6.45) is 0.